The first-order chi connectivity index (χ1) is 12.2. The molecule has 9 nitrogen and oxygen atoms in total. The van der Waals surface area contributed by atoms with Gasteiger partial charge in [-0.3, -0.25) is 4.79 Å². The zero-order valence-electron chi connectivity index (χ0n) is 15.3. The number of halogens is 1. The fourth-order valence-electron chi connectivity index (χ4n) is 3.67. The molecule has 0 aromatic heterocycles. The SMILES string of the molecule is CC(N)C1CCC(N)C(OC2C(N)CC(F)C(N(C)C(=O)CN)C2O)O1. The summed E-state index contributed by atoms with van der Waals surface area (Å²) in [7, 11) is 1.40. The predicted octanol–water partition coefficient (Wildman–Crippen LogP) is -2.23. The molecule has 0 spiro atoms. The number of likely N-dealkylation sites (N-methyl/N-ethyl adjacent to an activating group) is 1. The van der Waals surface area contributed by atoms with Crippen molar-refractivity contribution < 1.29 is 23.8 Å². The lowest BCUT2D eigenvalue weighted by Gasteiger charge is -2.46. The number of alkyl halides is 1. The van der Waals surface area contributed by atoms with Gasteiger partial charge >= 0.3 is 0 Å². The molecule has 0 aromatic rings. The minimum Gasteiger partial charge on any atom is -0.388 e. The minimum atomic E-state index is -1.49. The smallest absolute Gasteiger partial charge is 0.236 e. The van der Waals surface area contributed by atoms with Crippen molar-refractivity contribution in [2.45, 2.75) is 81.1 Å². The van der Waals surface area contributed by atoms with Crippen molar-refractivity contribution >= 4 is 5.91 Å². The third-order valence-electron chi connectivity index (χ3n) is 5.31. The van der Waals surface area contributed by atoms with Crippen LogP contribution in [0.4, 0.5) is 4.39 Å². The van der Waals surface area contributed by atoms with Crippen LogP contribution in [0.1, 0.15) is 26.2 Å². The number of nitrogens with zero attached hydrogens (tertiary/aromatic N) is 1. The van der Waals surface area contributed by atoms with Crippen LogP contribution in [-0.2, 0) is 14.3 Å². The molecule has 9 unspecified atom stereocenters. The lowest BCUT2D eigenvalue weighted by Crippen LogP contribution is -2.66. The first-order valence-electron chi connectivity index (χ1n) is 9.02. The molecule has 0 bridgehead atoms. The maximum atomic E-state index is 14.5. The van der Waals surface area contributed by atoms with Crippen LogP contribution in [0.2, 0.25) is 0 Å². The molecule has 10 heteroatoms. The van der Waals surface area contributed by atoms with E-state index in [1.54, 1.807) is 0 Å². The highest BCUT2D eigenvalue weighted by Gasteiger charge is 2.48. The highest BCUT2D eigenvalue weighted by Crippen LogP contribution is 2.30. The largest absolute Gasteiger partial charge is 0.388 e. The standard InChI is InChI=1S/C16H32FN5O4/c1-7(19)11-4-3-9(20)16(25-11)26-15-10(21)5-8(17)13(14(15)24)22(2)12(23)6-18/h7-11,13-16,24H,3-6,18-21H2,1-2H3. The lowest BCUT2D eigenvalue weighted by atomic mass is 9.84. The summed E-state index contributed by atoms with van der Waals surface area (Å²) < 4.78 is 26.2. The van der Waals surface area contributed by atoms with Crippen LogP contribution in [0.3, 0.4) is 0 Å². The Morgan fingerprint density at radius 2 is 2.04 bits per heavy atom. The first kappa shape index (κ1) is 21.4. The molecule has 1 aliphatic carbocycles. The third kappa shape index (κ3) is 4.50. The first-order valence-corrected chi connectivity index (χ1v) is 9.02. The maximum Gasteiger partial charge on any atom is 0.236 e. The Morgan fingerprint density at radius 3 is 2.62 bits per heavy atom. The molecular weight excluding hydrogens is 345 g/mol. The highest BCUT2D eigenvalue weighted by molar-refractivity contribution is 5.78. The average Bonchev–Trinajstić information content (AvgIpc) is 2.58. The normalized spacial score (nSPS) is 42.3. The second-order valence-corrected chi connectivity index (χ2v) is 7.35. The number of rotatable bonds is 5. The van der Waals surface area contributed by atoms with E-state index in [1.165, 1.54) is 7.05 Å². The molecule has 1 aliphatic heterocycles. The number of aliphatic hydroxyl groups excluding tert-OH is 1. The summed E-state index contributed by atoms with van der Waals surface area (Å²) in [6.45, 7) is 1.55. The summed E-state index contributed by atoms with van der Waals surface area (Å²) in [5.74, 6) is -0.478. The van der Waals surface area contributed by atoms with Gasteiger partial charge in [-0.25, -0.2) is 4.39 Å². The van der Waals surface area contributed by atoms with Crippen LogP contribution in [0.15, 0.2) is 0 Å². The summed E-state index contributed by atoms with van der Waals surface area (Å²) in [4.78, 5) is 13.0. The number of carbonyl (C=O) groups is 1. The quantitative estimate of drug-likeness (QED) is 0.359. The summed E-state index contributed by atoms with van der Waals surface area (Å²) in [6, 6.07) is -2.46. The van der Waals surface area contributed by atoms with E-state index in [2.05, 4.69) is 0 Å². The number of amides is 1. The van der Waals surface area contributed by atoms with Crippen molar-refractivity contribution in [3.05, 3.63) is 0 Å². The van der Waals surface area contributed by atoms with Crippen molar-refractivity contribution in [3.8, 4) is 0 Å². The van der Waals surface area contributed by atoms with E-state index in [0.717, 1.165) is 4.90 Å². The van der Waals surface area contributed by atoms with Crippen LogP contribution < -0.4 is 22.9 Å². The molecule has 9 N–H and O–H groups in total. The zero-order chi connectivity index (χ0) is 19.6. The van der Waals surface area contributed by atoms with Gasteiger partial charge in [-0.15, -0.1) is 0 Å². The molecule has 2 fully saturated rings. The van der Waals surface area contributed by atoms with Crippen LogP contribution in [0.25, 0.3) is 0 Å². The van der Waals surface area contributed by atoms with Crippen molar-refractivity contribution in [1.29, 1.82) is 0 Å². The molecule has 2 rings (SSSR count). The van der Waals surface area contributed by atoms with Gasteiger partial charge in [-0.05, 0) is 26.2 Å². The van der Waals surface area contributed by atoms with E-state index in [9.17, 15) is 14.3 Å². The molecule has 1 amide bonds. The second kappa shape index (κ2) is 8.87. The van der Waals surface area contributed by atoms with Crippen LogP contribution in [0.5, 0.6) is 0 Å². The van der Waals surface area contributed by atoms with Gasteiger partial charge in [-0.1, -0.05) is 0 Å². The van der Waals surface area contributed by atoms with Gasteiger partial charge in [0.15, 0.2) is 6.29 Å². The summed E-state index contributed by atoms with van der Waals surface area (Å²) in [6.07, 6.45) is -3.48. The Bertz CT molecular complexity index is 486. The van der Waals surface area contributed by atoms with Crippen molar-refractivity contribution in [2.75, 3.05) is 13.6 Å². The topological polar surface area (TPSA) is 163 Å². The van der Waals surface area contributed by atoms with Crippen LogP contribution in [0, 0.1) is 0 Å². The number of aliphatic hydroxyl groups is 1. The Labute approximate surface area is 153 Å². The Morgan fingerprint density at radius 1 is 1.38 bits per heavy atom. The van der Waals surface area contributed by atoms with Gasteiger partial charge in [0, 0.05) is 19.1 Å². The van der Waals surface area contributed by atoms with Crippen molar-refractivity contribution in [3.63, 3.8) is 0 Å². The molecule has 152 valence electrons. The third-order valence-corrected chi connectivity index (χ3v) is 5.31. The molecular formula is C16H32FN5O4. The predicted molar refractivity (Wildman–Crippen MR) is 93.5 cm³/mol. The van der Waals surface area contributed by atoms with E-state index in [4.69, 9.17) is 32.4 Å². The van der Waals surface area contributed by atoms with Crippen molar-refractivity contribution in [2.24, 2.45) is 22.9 Å². The summed E-state index contributed by atoms with van der Waals surface area (Å²) in [5.41, 5.74) is 23.3. The van der Waals surface area contributed by atoms with E-state index in [-0.39, 0.29) is 25.1 Å². The molecule has 0 radical (unpaired) electrons. The van der Waals surface area contributed by atoms with Gasteiger partial charge in [-0.2, -0.15) is 0 Å². The Balaban J connectivity index is 2.12. The number of ether oxygens (including phenoxy) is 2. The van der Waals surface area contributed by atoms with E-state index >= 15 is 0 Å². The number of nitrogens with two attached hydrogens (primary N) is 4. The fourth-order valence-corrected chi connectivity index (χ4v) is 3.67. The zero-order valence-corrected chi connectivity index (χ0v) is 15.3. The second-order valence-electron chi connectivity index (χ2n) is 7.35. The van der Waals surface area contributed by atoms with Gasteiger partial charge < -0.3 is 42.4 Å². The van der Waals surface area contributed by atoms with Crippen LogP contribution in [-0.4, -0.2) is 84.4 Å². The highest BCUT2D eigenvalue weighted by atomic mass is 19.1. The Hall–Kier alpha value is -0.880. The summed E-state index contributed by atoms with van der Waals surface area (Å²) >= 11 is 0. The monoisotopic (exact) mass is 377 g/mol. The van der Waals surface area contributed by atoms with Gasteiger partial charge in [0.2, 0.25) is 5.91 Å². The summed E-state index contributed by atoms with van der Waals surface area (Å²) in [5, 5.41) is 10.7. The lowest BCUT2D eigenvalue weighted by molar-refractivity contribution is -0.254. The Kier molecular flexibility index (Phi) is 7.31. The average molecular weight is 377 g/mol. The molecule has 26 heavy (non-hydrogen) atoms. The molecule has 0 aromatic carbocycles. The van der Waals surface area contributed by atoms with Crippen molar-refractivity contribution in [1.82, 2.24) is 4.90 Å². The van der Waals surface area contributed by atoms with E-state index in [0.29, 0.717) is 12.8 Å². The van der Waals surface area contributed by atoms with Gasteiger partial charge in [0.05, 0.1) is 24.7 Å². The van der Waals surface area contributed by atoms with Gasteiger partial charge in [0.25, 0.3) is 0 Å². The number of carbonyl (C=O) groups excluding carboxylic acids is 1. The molecule has 2 aliphatic rings. The molecule has 1 heterocycles. The maximum absolute atomic E-state index is 14.5. The molecule has 1 saturated carbocycles. The van der Waals surface area contributed by atoms with E-state index in [1.807, 2.05) is 6.92 Å². The van der Waals surface area contributed by atoms with Crippen LogP contribution >= 0.6 is 0 Å². The molecule has 9 atom stereocenters. The molecule has 1 saturated heterocycles. The van der Waals surface area contributed by atoms with Gasteiger partial charge in [0.1, 0.15) is 18.4 Å². The minimum absolute atomic E-state index is 0.0622. The fraction of sp³-hybridized carbons (Fsp3) is 0.938. The number of hydrogen-bond donors (Lipinski definition) is 5. The van der Waals surface area contributed by atoms with E-state index < -0.39 is 48.7 Å². The number of hydrogen-bond acceptors (Lipinski definition) is 8.